The summed E-state index contributed by atoms with van der Waals surface area (Å²) in [4.78, 5) is 20.5. The van der Waals surface area contributed by atoms with Gasteiger partial charge < -0.3 is 9.84 Å². The maximum atomic E-state index is 12.3. The summed E-state index contributed by atoms with van der Waals surface area (Å²) in [6, 6.07) is 4.97. The lowest BCUT2D eigenvalue weighted by molar-refractivity contribution is -0.387. The molecule has 0 aliphatic rings. The predicted octanol–water partition coefficient (Wildman–Crippen LogP) is 0.745. The second kappa shape index (κ2) is 8.52. The zero-order chi connectivity index (χ0) is 18.3. The average Bonchev–Trinajstić information content (AvgIpc) is 2.53. The quantitative estimate of drug-likeness (QED) is 0.303. The number of nitro benzene ring substituents is 1. The molecule has 1 aromatic rings. The Labute approximate surface area is 139 Å². The largest absolute Gasteiger partial charge is 0.461 e. The zero-order valence-electron chi connectivity index (χ0n) is 13.2. The minimum atomic E-state index is -4.12. The van der Waals surface area contributed by atoms with Gasteiger partial charge >= 0.3 is 5.97 Å². The lowest BCUT2D eigenvalue weighted by Gasteiger charge is -2.12. The van der Waals surface area contributed by atoms with E-state index >= 15 is 0 Å². The monoisotopic (exact) mass is 358 g/mol. The topological polar surface area (TPSA) is 136 Å². The molecule has 0 heterocycles. The zero-order valence-corrected chi connectivity index (χ0v) is 14.0. The van der Waals surface area contributed by atoms with Crippen molar-refractivity contribution in [2.24, 2.45) is 0 Å². The summed E-state index contributed by atoms with van der Waals surface area (Å²) >= 11 is 0. The number of ether oxygens (including phenoxy) is 1. The minimum Gasteiger partial charge on any atom is -0.461 e. The highest BCUT2D eigenvalue weighted by Crippen LogP contribution is 2.22. The summed E-state index contributed by atoms with van der Waals surface area (Å²) in [6.07, 6.45) is 0. The molecule has 1 rings (SSSR count). The molecule has 10 heteroatoms. The van der Waals surface area contributed by atoms with Crippen LogP contribution in [0, 0.1) is 10.1 Å². The van der Waals surface area contributed by atoms with Gasteiger partial charge in [0.2, 0.25) is 10.0 Å². The SMILES string of the molecule is CC(=O)OC/C(CO)=C(/C)CNS(=O)(=O)c1ccccc1[N+](=O)[O-]. The van der Waals surface area contributed by atoms with Crippen LogP contribution in [-0.2, 0) is 19.6 Å². The van der Waals surface area contributed by atoms with Crippen LogP contribution in [0.1, 0.15) is 13.8 Å². The van der Waals surface area contributed by atoms with E-state index in [0.717, 1.165) is 12.1 Å². The van der Waals surface area contributed by atoms with Crippen LogP contribution in [0.3, 0.4) is 0 Å². The fraction of sp³-hybridized carbons (Fsp3) is 0.357. The second-order valence-corrected chi connectivity index (χ2v) is 6.61. The Balaban J connectivity index is 2.96. The highest BCUT2D eigenvalue weighted by molar-refractivity contribution is 7.89. The highest BCUT2D eigenvalue weighted by Gasteiger charge is 2.24. The van der Waals surface area contributed by atoms with Gasteiger partial charge in [-0.1, -0.05) is 17.7 Å². The van der Waals surface area contributed by atoms with E-state index < -0.39 is 38.1 Å². The van der Waals surface area contributed by atoms with E-state index in [1.54, 1.807) is 6.92 Å². The first kappa shape index (κ1) is 19.7. The predicted molar refractivity (Wildman–Crippen MR) is 84.7 cm³/mol. The van der Waals surface area contributed by atoms with Gasteiger partial charge in [0.25, 0.3) is 5.69 Å². The normalized spacial score (nSPS) is 12.5. The van der Waals surface area contributed by atoms with Crippen LogP contribution in [0.5, 0.6) is 0 Å². The molecule has 0 radical (unpaired) electrons. The number of aliphatic hydroxyl groups is 1. The maximum absolute atomic E-state index is 12.3. The molecule has 9 nitrogen and oxygen atoms in total. The lowest BCUT2D eigenvalue weighted by atomic mass is 10.1. The number of carbonyl (C=O) groups excluding carboxylic acids is 1. The van der Waals surface area contributed by atoms with E-state index in [1.165, 1.54) is 19.1 Å². The van der Waals surface area contributed by atoms with Crippen molar-refractivity contribution < 1.29 is 28.0 Å². The number of carbonyl (C=O) groups is 1. The van der Waals surface area contributed by atoms with Gasteiger partial charge in [0.1, 0.15) is 6.61 Å². The number of nitro groups is 1. The van der Waals surface area contributed by atoms with Crippen molar-refractivity contribution in [1.82, 2.24) is 4.72 Å². The molecule has 132 valence electrons. The number of benzene rings is 1. The number of hydrogen-bond donors (Lipinski definition) is 2. The Morgan fingerprint density at radius 3 is 2.50 bits per heavy atom. The molecule has 0 amide bonds. The third kappa shape index (κ3) is 5.41. The van der Waals surface area contributed by atoms with Crippen molar-refractivity contribution in [3.63, 3.8) is 0 Å². The number of aliphatic hydroxyl groups excluding tert-OH is 1. The van der Waals surface area contributed by atoms with Gasteiger partial charge in [-0.2, -0.15) is 0 Å². The van der Waals surface area contributed by atoms with Crippen molar-refractivity contribution in [1.29, 1.82) is 0 Å². The van der Waals surface area contributed by atoms with Crippen LogP contribution in [0.15, 0.2) is 40.3 Å². The fourth-order valence-corrected chi connectivity index (χ4v) is 2.97. The second-order valence-electron chi connectivity index (χ2n) is 4.87. The molecular weight excluding hydrogens is 340 g/mol. The number of sulfonamides is 1. The van der Waals surface area contributed by atoms with E-state index in [9.17, 15) is 28.4 Å². The Morgan fingerprint density at radius 2 is 1.96 bits per heavy atom. The first-order chi connectivity index (χ1) is 11.2. The summed E-state index contributed by atoms with van der Waals surface area (Å²) < 4.78 is 31.5. The van der Waals surface area contributed by atoms with Gasteiger partial charge in [0.15, 0.2) is 4.90 Å². The van der Waals surface area contributed by atoms with Crippen molar-refractivity contribution in [3.05, 3.63) is 45.5 Å². The molecule has 1 aromatic carbocycles. The average molecular weight is 358 g/mol. The Kier molecular flexibility index (Phi) is 7.01. The number of nitrogens with one attached hydrogen (secondary N) is 1. The van der Waals surface area contributed by atoms with Gasteiger partial charge in [0, 0.05) is 19.5 Å². The maximum Gasteiger partial charge on any atom is 0.302 e. The van der Waals surface area contributed by atoms with Crippen LogP contribution in [0.2, 0.25) is 0 Å². The number of para-hydroxylation sites is 1. The summed E-state index contributed by atoms with van der Waals surface area (Å²) in [5, 5.41) is 20.2. The third-order valence-electron chi connectivity index (χ3n) is 3.12. The summed E-state index contributed by atoms with van der Waals surface area (Å²) in [7, 11) is -4.12. The van der Waals surface area contributed by atoms with Crippen LogP contribution in [0.25, 0.3) is 0 Å². The molecule has 0 saturated carbocycles. The molecule has 2 N–H and O–H groups in total. The number of esters is 1. The van der Waals surface area contributed by atoms with Crippen LogP contribution < -0.4 is 4.72 Å². The van der Waals surface area contributed by atoms with Crippen LogP contribution >= 0.6 is 0 Å². The first-order valence-corrected chi connectivity index (χ1v) is 8.32. The molecule has 0 aliphatic heterocycles. The minimum absolute atomic E-state index is 0.162. The Hall–Kier alpha value is -2.30. The molecule has 24 heavy (non-hydrogen) atoms. The summed E-state index contributed by atoms with van der Waals surface area (Å²) in [6.45, 7) is 2.00. The van der Waals surface area contributed by atoms with E-state index in [1.807, 2.05) is 0 Å². The van der Waals surface area contributed by atoms with Crippen molar-refractivity contribution in [3.8, 4) is 0 Å². The number of nitrogens with zero attached hydrogens (tertiary/aromatic N) is 1. The molecule has 0 fully saturated rings. The van der Waals surface area contributed by atoms with E-state index in [0.29, 0.717) is 11.1 Å². The van der Waals surface area contributed by atoms with E-state index in [-0.39, 0.29) is 13.2 Å². The smallest absolute Gasteiger partial charge is 0.302 e. The van der Waals surface area contributed by atoms with E-state index in [4.69, 9.17) is 4.74 Å². The van der Waals surface area contributed by atoms with Crippen molar-refractivity contribution in [2.45, 2.75) is 18.7 Å². The molecule has 0 aliphatic carbocycles. The van der Waals surface area contributed by atoms with Gasteiger partial charge in [-0.3, -0.25) is 14.9 Å². The molecule has 0 saturated heterocycles. The van der Waals surface area contributed by atoms with Crippen molar-refractivity contribution >= 4 is 21.7 Å². The van der Waals surface area contributed by atoms with Crippen LogP contribution in [-0.4, -0.2) is 44.2 Å². The fourth-order valence-electron chi connectivity index (χ4n) is 1.73. The standard InChI is InChI=1S/C14H18N2O7S/c1-10(12(8-17)9-23-11(2)18)7-15-24(21,22)14-6-4-3-5-13(14)16(19)20/h3-6,15,17H,7-9H2,1-2H3/b12-10-. The van der Waals surface area contributed by atoms with E-state index in [2.05, 4.69) is 4.72 Å². The van der Waals surface area contributed by atoms with Gasteiger partial charge in [-0.15, -0.1) is 0 Å². The summed E-state index contributed by atoms with van der Waals surface area (Å²) in [5.41, 5.74) is 0.255. The molecule has 0 unspecified atom stereocenters. The van der Waals surface area contributed by atoms with Gasteiger partial charge in [-0.05, 0) is 18.6 Å². The van der Waals surface area contributed by atoms with Gasteiger partial charge in [0.05, 0.1) is 11.5 Å². The number of hydrogen-bond acceptors (Lipinski definition) is 7. The lowest BCUT2D eigenvalue weighted by Crippen LogP contribution is -2.27. The third-order valence-corrected chi connectivity index (χ3v) is 4.57. The molecule has 0 atom stereocenters. The molecule has 0 bridgehead atoms. The first-order valence-electron chi connectivity index (χ1n) is 6.84. The van der Waals surface area contributed by atoms with Crippen LogP contribution in [0.4, 0.5) is 5.69 Å². The Bertz CT molecular complexity index is 756. The molecular formula is C14H18N2O7S. The van der Waals surface area contributed by atoms with Gasteiger partial charge in [-0.25, -0.2) is 13.1 Å². The number of rotatable bonds is 8. The van der Waals surface area contributed by atoms with Crippen molar-refractivity contribution in [2.75, 3.05) is 19.8 Å². The highest BCUT2D eigenvalue weighted by atomic mass is 32.2. The molecule has 0 aromatic heterocycles. The Morgan fingerprint density at radius 1 is 1.33 bits per heavy atom. The summed E-state index contributed by atoms with van der Waals surface area (Å²) in [5.74, 6) is -0.533. The molecule has 0 spiro atoms.